The van der Waals surface area contributed by atoms with Crippen molar-refractivity contribution in [2.75, 3.05) is 73.3 Å². The molecular weight excluding hydrogens is 349 g/mol. The topological polar surface area (TPSA) is 91.8 Å². The van der Waals surface area contributed by atoms with Gasteiger partial charge in [-0.1, -0.05) is 13.3 Å². The van der Waals surface area contributed by atoms with E-state index in [1.54, 1.807) is 23.7 Å². The van der Waals surface area contributed by atoms with Gasteiger partial charge in [-0.15, -0.1) is 0 Å². The summed E-state index contributed by atoms with van der Waals surface area (Å²) >= 11 is 0. The molecule has 0 aromatic heterocycles. The zero-order valence-corrected chi connectivity index (χ0v) is 16.4. The van der Waals surface area contributed by atoms with E-state index in [1.165, 1.54) is 0 Å². The maximum absolute atomic E-state index is 13.1. The van der Waals surface area contributed by atoms with E-state index in [0.29, 0.717) is 32.8 Å². The highest BCUT2D eigenvalue weighted by atomic mass is 31.2. The molecule has 1 N–H and O–H groups in total. The molecule has 1 fully saturated rings. The Morgan fingerprint density at radius 2 is 1.80 bits per heavy atom. The van der Waals surface area contributed by atoms with Crippen LogP contribution in [0, 0.1) is 0 Å². The highest BCUT2D eigenvalue weighted by Crippen LogP contribution is 2.52. The van der Waals surface area contributed by atoms with Crippen LogP contribution >= 0.6 is 7.67 Å². The Kier molecular flexibility index (Phi) is 10.6. The van der Waals surface area contributed by atoms with Gasteiger partial charge in [0, 0.05) is 26.2 Å². The van der Waals surface area contributed by atoms with E-state index < -0.39 is 13.8 Å². The summed E-state index contributed by atoms with van der Waals surface area (Å²) in [5, 5.41) is 8.59. The summed E-state index contributed by atoms with van der Waals surface area (Å²) in [7, 11) is 0.457. The summed E-state index contributed by atoms with van der Waals surface area (Å²) in [6.07, 6.45) is 1.44. The van der Waals surface area contributed by atoms with Crippen LogP contribution in [0.2, 0.25) is 0 Å². The molecule has 0 radical (unpaired) electrons. The van der Waals surface area contributed by atoms with E-state index in [1.807, 2.05) is 4.67 Å². The lowest BCUT2D eigenvalue weighted by atomic mass is 10.4. The largest absolute Gasteiger partial charge is 0.447 e. The Morgan fingerprint density at radius 1 is 1.12 bits per heavy atom. The van der Waals surface area contributed by atoms with Crippen molar-refractivity contribution in [2.24, 2.45) is 0 Å². The number of hydrogen-bond donors (Lipinski definition) is 1. The van der Waals surface area contributed by atoms with Gasteiger partial charge in [0.2, 0.25) is 0 Å². The van der Waals surface area contributed by atoms with Crippen LogP contribution < -0.4 is 0 Å². The molecule has 0 aromatic carbocycles. The molecule has 1 aliphatic heterocycles. The first kappa shape index (κ1) is 22.3. The van der Waals surface area contributed by atoms with Crippen molar-refractivity contribution < 1.29 is 28.5 Å². The van der Waals surface area contributed by atoms with Crippen molar-refractivity contribution in [1.82, 2.24) is 14.2 Å². The molecule has 0 spiro atoms. The maximum Gasteiger partial charge on any atom is 0.409 e. The average Bonchev–Trinajstić information content (AvgIpc) is 2.61. The minimum Gasteiger partial charge on any atom is -0.447 e. The molecule has 0 aliphatic carbocycles. The molecule has 0 aromatic rings. The number of piperazine rings is 1. The van der Waals surface area contributed by atoms with Gasteiger partial charge in [-0.3, -0.25) is 4.57 Å². The summed E-state index contributed by atoms with van der Waals surface area (Å²) in [6, 6.07) is 0. The van der Waals surface area contributed by atoms with Gasteiger partial charge in [-0.25, -0.2) is 14.1 Å². The van der Waals surface area contributed by atoms with Crippen molar-refractivity contribution in [3.8, 4) is 0 Å². The highest BCUT2D eigenvalue weighted by Gasteiger charge is 2.37. The second kappa shape index (κ2) is 11.8. The zero-order chi connectivity index (χ0) is 18.7. The van der Waals surface area contributed by atoms with Crippen molar-refractivity contribution in [1.29, 1.82) is 0 Å². The van der Waals surface area contributed by atoms with Crippen molar-refractivity contribution in [3.05, 3.63) is 0 Å². The third-order valence-electron chi connectivity index (χ3n) is 3.82. The fourth-order valence-electron chi connectivity index (χ4n) is 2.35. The summed E-state index contributed by atoms with van der Waals surface area (Å²) < 4.78 is 32.5. The SMILES string of the molecule is CCCCOP(=O)(N(C)C)N1CCN(C(=O)OCCOCCO)CC1. The van der Waals surface area contributed by atoms with Crippen LogP contribution in [0.1, 0.15) is 19.8 Å². The predicted molar refractivity (Wildman–Crippen MR) is 94.6 cm³/mol. The van der Waals surface area contributed by atoms with Gasteiger partial charge in [0.1, 0.15) is 6.61 Å². The lowest BCUT2D eigenvalue weighted by Gasteiger charge is -2.39. The van der Waals surface area contributed by atoms with Crippen molar-refractivity contribution >= 4 is 13.8 Å². The summed E-state index contributed by atoms with van der Waals surface area (Å²) in [6.45, 7) is 4.91. The number of aliphatic hydroxyl groups is 1. The molecule has 1 atom stereocenters. The van der Waals surface area contributed by atoms with Crippen molar-refractivity contribution in [3.63, 3.8) is 0 Å². The predicted octanol–water partition coefficient (Wildman–Crippen LogP) is 1.24. The lowest BCUT2D eigenvalue weighted by Crippen LogP contribution is -2.49. The van der Waals surface area contributed by atoms with E-state index in [2.05, 4.69) is 6.92 Å². The van der Waals surface area contributed by atoms with Crippen LogP contribution in [0.5, 0.6) is 0 Å². The van der Waals surface area contributed by atoms with Crippen LogP contribution in [-0.4, -0.2) is 98.7 Å². The van der Waals surface area contributed by atoms with E-state index in [-0.39, 0.29) is 26.4 Å². The summed E-state index contributed by atoms with van der Waals surface area (Å²) in [5.41, 5.74) is 0. The molecule has 148 valence electrons. The fourth-order valence-corrected chi connectivity index (χ4v) is 4.31. The monoisotopic (exact) mass is 381 g/mol. The van der Waals surface area contributed by atoms with Crippen LogP contribution in [0.4, 0.5) is 4.79 Å². The molecule has 10 heteroatoms. The minimum atomic E-state index is -3.04. The lowest BCUT2D eigenvalue weighted by molar-refractivity contribution is 0.0370. The number of carbonyl (C=O) groups is 1. The Balaban J connectivity index is 2.42. The Bertz CT molecular complexity index is 429. The van der Waals surface area contributed by atoms with Crippen LogP contribution in [0.3, 0.4) is 0 Å². The second-order valence-corrected chi connectivity index (χ2v) is 8.52. The van der Waals surface area contributed by atoms with Crippen molar-refractivity contribution in [2.45, 2.75) is 19.8 Å². The van der Waals surface area contributed by atoms with Gasteiger partial charge in [-0.05, 0) is 20.5 Å². The fraction of sp³-hybridized carbons (Fsp3) is 0.933. The molecule has 1 aliphatic rings. The van der Waals surface area contributed by atoms with Crippen LogP contribution in [0.15, 0.2) is 0 Å². The van der Waals surface area contributed by atoms with Crippen LogP contribution in [-0.2, 0) is 18.6 Å². The zero-order valence-electron chi connectivity index (χ0n) is 15.6. The van der Waals surface area contributed by atoms with Gasteiger partial charge < -0.3 is 24.0 Å². The average molecular weight is 381 g/mol. The smallest absolute Gasteiger partial charge is 0.409 e. The van der Waals surface area contributed by atoms with Gasteiger partial charge in [-0.2, -0.15) is 0 Å². The third-order valence-corrected chi connectivity index (χ3v) is 6.47. The molecule has 1 rings (SSSR count). The molecule has 1 unspecified atom stereocenters. The Labute approximate surface area is 150 Å². The molecule has 0 bridgehead atoms. The first-order valence-corrected chi connectivity index (χ1v) is 10.3. The number of unbranched alkanes of at least 4 members (excludes halogenated alkanes) is 1. The number of nitrogens with zero attached hydrogens (tertiary/aromatic N) is 3. The summed E-state index contributed by atoms with van der Waals surface area (Å²) in [4.78, 5) is 13.6. The third kappa shape index (κ3) is 7.21. The normalized spacial score (nSPS) is 18.4. The van der Waals surface area contributed by atoms with E-state index in [9.17, 15) is 9.36 Å². The molecule has 25 heavy (non-hydrogen) atoms. The van der Waals surface area contributed by atoms with Crippen LogP contribution in [0.25, 0.3) is 0 Å². The molecular formula is C15H32N3O6P. The standard InChI is InChI=1S/C15H32N3O6P/c1-4-5-11-24-25(21,16(2)3)18-8-6-17(7-9-18)15(20)23-14-13-22-12-10-19/h19H,4-14H2,1-3H3. The maximum atomic E-state index is 13.1. The molecule has 1 amide bonds. The number of hydrogen-bond acceptors (Lipinski definition) is 6. The second-order valence-electron chi connectivity index (χ2n) is 5.92. The van der Waals surface area contributed by atoms with E-state index in [4.69, 9.17) is 19.1 Å². The van der Waals surface area contributed by atoms with Gasteiger partial charge in [0.25, 0.3) is 0 Å². The number of amides is 1. The molecule has 9 nitrogen and oxygen atoms in total. The van der Waals surface area contributed by atoms with E-state index >= 15 is 0 Å². The molecule has 1 saturated heterocycles. The van der Waals surface area contributed by atoms with Gasteiger partial charge in [0.15, 0.2) is 0 Å². The van der Waals surface area contributed by atoms with Gasteiger partial charge in [0.05, 0.1) is 26.4 Å². The first-order chi connectivity index (χ1) is 12.0. The Hall–Kier alpha value is -0.700. The van der Waals surface area contributed by atoms with E-state index in [0.717, 1.165) is 12.8 Å². The quantitative estimate of drug-likeness (QED) is 0.422. The number of ether oxygens (including phenoxy) is 2. The van der Waals surface area contributed by atoms with Gasteiger partial charge >= 0.3 is 13.8 Å². The first-order valence-electron chi connectivity index (χ1n) is 8.73. The molecule has 1 heterocycles. The summed E-state index contributed by atoms with van der Waals surface area (Å²) in [5.74, 6) is 0. The number of rotatable bonds is 11. The number of aliphatic hydroxyl groups excluding tert-OH is 1. The minimum absolute atomic E-state index is 0.0534. The number of carbonyl (C=O) groups excluding carboxylic acids is 1. The molecule has 0 saturated carbocycles. The highest BCUT2D eigenvalue weighted by molar-refractivity contribution is 7.53. The Morgan fingerprint density at radius 3 is 2.36 bits per heavy atom.